The second-order valence-corrected chi connectivity index (χ2v) is 10.3. The summed E-state index contributed by atoms with van der Waals surface area (Å²) in [5, 5.41) is 13.8. The van der Waals surface area contributed by atoms with Gasteiger partial charge in [-0.3, -0.25) is 4.79 Å². The lowest BCUT2D eigenvalue weighted by molar-refractivity contribution is 0.0240. The van der Waals surface area contributed by atoms with Crippen molar-refractivity contribution in [2.24, 2.45) is 0 Å². The highest BCUT2D eigenvalue weighted by molar-refractivity contribution is 5.94. The van der Waals surface area contributed by atoms with Crippen molar-refractivity contribution in [3.8, 4) is 5.75 Å². The van der Waals surface area contributed by atoms with Crippen molar-refractivity contribution in [1.82, 2.24) is 25.1 Å². The van der Waals surface area contributed by atoms with Gasteiger partial charge in [0.25, 0.3) is 5.56 Å². The van der Waals surface area contributed by atoms with Crippen LogP contribution in [0.2, 0.25) is 0 Å². The summed E-state index contributed by atoms with van der Waals surface area (Å²) in [6.07, 6.45) is 2.96. The van der Waals surface area contributed by atoms with Crippen LogP contribution in [-0.4, -0.2) is 70.0 Å². The first-order valence-corrected chi connectivity index (χ1v) is 12.9. The molecule has 1 aliphatic heterocycles. The van der Waals surface area contributed by atoms with Gasteiger partial charge in [-0.2, -0.15) is 5.10 Å². The molecular weight excluding hydrogens is 512 g/mol. The van der Waals surface area contributed by atoms with Crippen molar-refractivity contribution in [2.45, 2.75) is 26.4 Å². The number of nitrogens with zero attached hydrogens (tertiary/aromatic N) is 5. The number of methoxy groups -OCH3 is 1. The van der Waals surface area contributed by atoms with Gasteiger partial charge in [0.05, 0.1) is 24.4 Å². The number of anilines is 5. The molecule has 40 heavy (non-hydrogen) atoms. The average molecular weight is 545 g/mol. The highest BCUT2D eigenvalue weighted by Gasteiger charge is 2.26. The number of carbonyl (C=O) groups is 1. The van der Waals surface area contributed by atoms with E-state index in [9.17, 15) is 9.59 Å². The van der Waals surface area contributed by atoms with Crippen LogP contribution in [0.4, 0.5) is 33.6 Å². The molecule has 1 fully saturated rings. The van der Waals surface area contributed by atoms with Gasteiger partial charge in [0, 0.05) is 49.5 Å². The molecule has 4 aromatic rings. The Labute approximate surface area is 231 Å². The number of ether oxygens (including phenoxy) is 2. The largest absolute Gasteiger partial charge is 0.494 e. The standard InChI is InChI=1S/C28H32N8O4/c1-28(2,3)40-27(38)36-13-11-35(12-14-36)19-8-9-20(21(16-19)39-4)31-25-24-18(17-30-34-26(24)37)15-23(33-25)32-22-7-5-6-10-29-22/h5-10,15-17H,11-14H2,1-4H3,(H,34,37)(H2,29,31,32,33). The fourth-order valence-corrected chi connectivity index (χ4v) is 4.43. The van der Waals surface area contributed by atoms with E-state index in [4.69, 9.17) is 9.47 Å². The van der Waals surface area contributed by atoms with Gasteiger partial charge in [0.1, 0.15) is 28.8 Å². The van der Waals surface area contributed by atoms with E-state index in [2.05, 4.69) is 35.7 Å². The Hall–Kier alpha value is -4.87. The maximum Gasteiger partial charge on any atom is 0.410 e. The smallest absolute Gasteiger partial charge is 0.410 e. The van der Waals surface area contributed by atoms with E-state index in [1.54, 1.807) is 30.5 Å². The fraction of sp³-hybridized carbons (Fsp3) is 0.321. The third kappa shape index (κ3) is 6.06. The summed E-state index contributed by atoms with van der Waals surface area (Å²) >= 11 is 0. The van der Waals surface area contributed by atoms with Crippen LogP contribution in [0.5, 0.6) is 5.75 Å². The van der Waals surface area contributed by atoms with E-state index in [0.29, 0.717) is 65.8 Å². The SMILES string of the molecule is COc1cc(N2CCN(C(=O)OC(C)(C)C)CC2)ccc1Nc1nc(Nc2ccccn2)cc2cn[nH]c(=O)c12. The van der Waals surface area contributed by atoms with Gasteiger partial charge in [0.15, 0.2) is 0 Å². The molecule has 1 aliphatic rings. The van der Waals surface area contributed by atoms with Crippen molar-refractivity contribution < 1.29 is 14.3 Å². The maximum absolute atomic E-state index is 12.7. The molecule has 0 aliphatic carbocycles. The summed E-state index contributed by atoms with van der Waals surface area (Å²) in [4.78, 5) is 38.0. The summed E-state index contributed by atoms with van der Waals surface area (Å²) in [7, 11) is 1.59. The Bertz CT molecular complexity index is 1560. The predicted molar refractivity (Wildman–Crippen MR) is 154 cm³/mol. The number of pyridine rings is 2. The summed E-state index contributed by atoms with van der Waals surface area (Å²) < 4.78 is 11.2. The summed E-state index contributed by atoms with van der Waals surface area (Å²) in [5.41, 5.74) is 0.700. The van der Waals surface area contributed by atoms with Gasteiger partial charge < -0.3 is 29.9 Å². The Morgan fingerprint density at radius 1 is 1.02 bits per heavy atom. The minimum Gasteiger partial charge on any atom is -0.494 e. The van der Waals surface area contributed by atoms with Crippen LogP contribution in [-0.2, 0) is 4.74 Å². The number of H-pyrrole nitrogens is 1. The Kier molecular flexibility index (Phi) is 7.41. The van der Waals surface area contributed by atoms with Gasteiger partial charge in [-0.25, -0.2) is 19.9 Å². The minimum absolute atomic E-state index is 0.297. The van der Waals surface area contributed by atoms with Crippen LogP contribution in [0.3, 0.4) is 0 Å². The van der Waals surface area contributed by atoms with Gasteiger partial charge in [0.2, 0.25) is 0 Å². The molecule has 1 saturated heterocycles. The Morgan fingerprint density at radius 2 is 1.82 bits per heavy atom. The molecule has 0 bridgehead atoms. The van der Waals surface area contributed by atoms with Crippen LogP contribution >= 0.6 is 0 Å². The zero-order valence-electron chi connectivity index (χ0n) is 22.9. The number of aromatic nitrogens is 4. The number of amides is 1. The number of carbonyl (C=O) groups excluding carboxylic acids is 1. The molecular formula is C28H32N8O4. The molecule has 3 N–H and O–H groups in total. The average Bonchev–Trinajstić information content (AvgIpc) is 2.93. The Morgan fingerprint density at radius 3 is 2.52 bits per heavy atom. The van der Waals surface area contributed by atoms with E-state index in [0.717, 1.165) is 5.69 Å². The first kappa shape index (κ1) is 26.7. The minimum atomic E-state index is -0.528. The highest BCUT2D eigenvalue weighted by atomic mass is 16.6. The lowest BCUT2D eigenvalue weighted by Gasteiger charge is -2.37. The number of aromatic amines is 1. The number of piperazine rings is 1. The number of fused-ring (bicyclic) bond motifs is 1. The zero-order chi connectivity index (χ0) is 28.3. The molecule has 12 heteroatoms. The van der Waals surface area contributed by atoms with Gasteiger partial charge in [-0.05, 0) is 51.1 Å². The molecule has 0 spiro atoms. The Balaban J connectivity index is 1.38. The quantitative estimate of drug-likeness (QED) is 0.323. The van der Waals surface area contributed by atoms with E-state index < -0.39 is 5.60 Å². The molecule has 4 heterocycles. The normalized spacial score (nSPS) is 13.7. The highest BCUT2D eigenvalue weighted by Crippen LogP contribution is 2.34. The van der Waals surface area contributed by atoms with E-state index in [-0.39, 0.29) is 11.7 Å². The monoisotopic (exact) mass is 544 g/mol. The molecule has 0 radical (unpaired) electrons. The van der Waals surface area contributed by atoms with Gasteiger partial charge >= 0.3 is 6.09 Å². The molecule has 0 atom stereocenters. The van der Waals surface area contributed by atoms with Crippen molar-refractivity contribution in [2.75, 3.05) is 48.8 Å². The summed E-state index contributed by atoms with van der Waals surface area (Å²) in [6, 6.07) is 13.0. The molecule has 1 aromatic carbocycles. The molecule has 0 saturated carbocycles. The van der Waals surface area contributed by atoms with Crippen LogP contribution in [0, 0.1) is 0 Å². The molecule has 5 rings (SSSR count). The van der Waals surface area contributed by atoms with Gasteiger partial charge in [-0.15, -0.1) is 0 Å². The topological polar surface area (TPSA) is 138 Å². The second-order valence-electron chi connectivity index (χ2n) is 10.3. The second kappa shape index (κ2) is 11.1. The predicted octanol–water partition coefficient (Wildman–Crippen LogP) is 4.27. The molecule has 12 nitrogen and oxygen atoms in total. The van der Waals surface area contributed by atoms with Gasteiger partial charge in [-0.1, -0.05) is 6.07 Å². The molecule has 0 unspecified atom stereocenters. The van der Waals surface area contributed by atoms with E-state index >= 15 is 0 Å². The first-order chi connectivity index (χ1) is 19.2. The van der Waals surface area contributed by atoms with Crippen molar-refractivity contribution in [3.63, 3.8) is 0 Å². The summed E-state index contributed by atoms with van der Waals surface area (Å²) in [5.74, 6) is 2.04. The van der Waals surface area contributed by atoms with Crippen molar-refractivity contribution >= 4 is 45.7 Å². The number of rotatable bonds is 6. The molecule has 208 valence electrons. The van der Waals surface area contributed by atoms with Crippen molar-refractivity contribution in [1.29, 1.82) is 0 Å². The third-order valence-electron chi connectivity index (χ3n) is 6.30. The number of benzene rings is 1. The van der Waals surface area contributed by atoms with Crippen LogP contribution in [0.1, 0.15) is 20.8 Å². The van der Waals surface area contributed by atoms with E-state index in [1.807, 2.05) is 57.2 Å². The molecule has 3 aromatic heterocycles. The lowest BCUT2D eigenvalue weighted by Crippen LogP contribution is -2.50. The van der Waals surface area contributed by atoms with E-state index in [1.165, 1.54) is 0 Å². The lowest BCUT2D eigenvalue weighted by atomic mass is 10.2. The van der Waals surface area contributed by atoms with Crippen molar-refractivity contribution in [3.05, 3.63) is 65.2 Å². The number of hydrogen-bond donors (Lipinski definition) is 3. The number of nitrogens with one attached hydrogen (secondary N) is 3. The molecule has 1 amide bonds. The third-order valence-corrected chi connectivity index (χ3v) is 6.30. The maximum atomic E-state index is 12.7. The van der Waals surface area contributed by atoms with Crippen LogP contribution in [0.25, 0.3) is 10.8 Å². The number of hydrogen-bond acceptors (Lipinski definition) is 10. The zero-order valence-corrected chi connectivity index (χ0v) is 22.9. The summed E-state index contributed by atoms with van der Waals surface area (Å²) in [6.45, 7) is 8.01. The van der Waals surface area contributed by atoms with Crippen LogP contribution in [0.15, 0.2) is 59.7 Å². The first-order valence-electron chi connectivity index (χ1n) is 12.9. The van der Waals surface area contributed by atoms with Crippen LogP contribution < -0.4 is 25.8 Å². The fourth-order valence-electron chi connectivity index (χ4n) is 4.43.